The number of carbonyl (C=O) groups excluding carboxylic acids is 1. The minimum atomic E-state index is -4.55. The summed E-state index contributed by atoms with van der Waals surface area (Å²) in [6.45, 7) is -1.58. The third kappa shape index (κ3) is 4.24. The fraction of sp³-hybridized carbons (Fsp3) is 0.429. The topological polar surface area (TPSA) is 87.5 Å². The first-order chi connectivity index (χ1) is 8.19. The van der Waals surface area contributed by atoms with Crippen LogP contribution in [0.5, 0.6) is 6.01 Å². The van der Waals surface area contributed by atoms with Gasteiger partial charge < -0.3 is 13.5 Å². The average Bonchev–Trinajstić information content (AvgIpc) is 2.55. The maximum absolute atomic E-state index is 11.9. The van der Waals surface area contributed by atoms with Gasteiger partial charge in [-0.25, -0.2) is 4.79 Å². The Morgan fingerprint density at radius 3 is 2.61 bits per heavy atom. The zero-order valence-electron chi connectivity index (χ0n) is 8.80. The normalized spacial score (nSPS) is 11.6. The van der Waals surface area contributed by atoms with Gasteiger partial charge in [0, 0.05) is 13.2 Å². The van der Waals surface area contributed by atoms with Crippen LogP contribution in [0.4, 0.5) is 13.2 Å². The molecule has 0 amide bonds. The molecule has 0 atom stereocenters. The fourth-order valence-electron chi connectivity index (χ4n) is 0.943. The molecule has 0 saturated carbocycles. The van der Waals surface area contributed by atoms with Crippen molar-refractivity contribution < 1.29 is 35.3 Å². The summed E-state index contributed by atoms with van der Waals surface area (Å²) < 4.78 is 65.0. The smallest absolute Gasteiger partial charge is 0.422 e. The standard InChI is InChI=1S/C7H7F3N2O5S/c1-12-2-4(5(13)17-18(14)15)11-6(12)16-3-7(8,9)10/h2,18H,3H2,1H3. The summed E-state index contributed by atoms with van der Waals surface area (Å²) in [5.41, 5.74) is -0.478. The van der Waals surface area contributed by atoms with E-state index in [1.165, 1.54) is 7.05 Å². The van der Waals surface area contributed by atoms with Crippen LogP contribution >= 0.6 is 0 Å². The molecule has 1 rings (SSSR count). The van der Waals surface area contributed by atoms with E-state index in [1.807, 2.05) is 0 Å². The van der Waals surface area contributed by atoms with E-state index in [4.69, 9.17) is 0 Å². The predicted molar refractivity (Wildman–Crippen MR) is 50.5 cm³/mol. The maximum Gasteiger partial charge on any atom is 0.422 e. The van der Waals surface area contributed by atoms with Crippen molar-refractivity contribution in [1.82, 2.24) is 9.55 Å². The summed E-state index contributed by atoms with van der Waals surface area (Å²) in [5, 5.41) is 0. The van der Waals surface area contributed by atoms with Crippen molar-refractivity contribution in [2.45, 2.75) is 6.18 Å². The van der Waals surface area contributed by atoms with Gasteiger partial charge in [-0.3, -0.25) is 0 Å². The van der Waals surface area contributed by atoms with Gasteiger partial charge in [0.25, 0.3) is 6.01 Å². The van der Waals surface area contributed by atoms with Crippen molar-refractivity contribution in [2.75, 3.05) is 6.61 Å². The molecule has 0 aliphatic rings. The van der Waals surface area contributed by atoms with Crippen LogP contribution in [0.3, 0.4) is 0 Å². The Morgan fingerprint density at radius 1 is 1.50 bits per heavy atom. The second-order valence-electron chi connectivity index (χ2n) is 3.03. The number of carbonyl (C=O) groups is 1. The number of alkyl halides is 3. The molecule has 1 aromatic rings. The summed E-state index contributed by atoms with van der Waals surface area (Å²) in [4.78, 5) is 14.4. The molecule has 18 heavy (non-hydrogen) atoms. The number of rotatable bonds is 4. The van der Waals surface area contributed by atoms with E-state index >= 15 is 0 Å². The van der Waals surface area contributed by atoms with E-state index in [0.29, 0.717) is 0 Å². The number of thiol groups is 1. The number of hydrogen-bond donors (Lipinski definition) is 1. The van der Waals surface area contributed by atoms with Crippen molar-refractivity contribution in [3.05, 3.63) is 11.9 Å². The molecule has 0 bridgehead atoms. The Morgan fingerprint density at radius 2 is 2.11 bits per heavy atom. The molecule has 102 valence electrons. The van der Waals surface area contributed by atoms with Gasteiger partial charge in [0.1, 0.15) is 0 Å². The Kier molecular flexibility index (Phi) is 4.16. The van der Waals surface area contributed by atoms with Gasteiger partial charge in [0.05, 0.1) is 0 Å². The first-order valence-electron chi connectivity index (χ1n) is 4.28. The number of aryl methyl sites for hydroxylation is 1. The average molecular weight is 288 g/mol. The molecular weight excluding hydrogens is 281 g/mol. The van der Waals surface area contributed by atoms with Crippen molar-refractivity contribution in [3.63, 3.8) is 0 Å². The lowest BCUT2D eigenvalue weighted by atomic mass is 10.5. The first kappa shape index (κ1) is 14.3. The lowest BCUT2D eigenvalue weighted by molar-refractivity contribution is -0.155. The van der Waals surface area contributed by atoms with Crippen LogP contribution in [-0.4, -0.2) is 36.7 Å². The molecule has 0 saturated heterocycles. The number of hydrogen-bond acceptors (Lipinski definition) is 6. The molecule has 0 radical (unpaired) electrons. The lowest BCUT2D eigenvalue weighted by Crippen LogP contribution is -2.20. The predicted octanol–water partition coefficient (Wildman–Crippen LogP) is 0.0444. The minimum absolute atomic E-state index is 0.478. The Bertz CT molecular complexity index is 514. The number of aromatic nitrogens is 2. The maximum atomic E-state index is 11.9. The van der Waals surface area contributed by atoms with E-state index in [-0.39, 0.29) is 0 Å². The number of imidazole rings is 1. The van der Waals surface area contributed by atoms with E-state index in [2.05, 4.69) is 13.9 Å². The molecule has 0 unspecified atom stereocenters. The highest BCUT2D eigenvalue weighted by atomic mass is 32.2. The SMILES string of the molecule is Cn1cc(C(=O)O[SH](=O)=O)nc1OCC(F)(F)F. The van der Waals surface area contributed by atoms with Gasteiger partial charge in [-0.05, 0) is 0 Å². The third-order valence-corrected chi connectivity index (χ3v) is 1.88. The monoisotopic (exact) mass is 288 g/mol. The highest BCUT2D eigenvalue weighted by molar-refractivity contribution is 7.67. The van der Waals surface area contributed by atoms with Crippen molar-refractivity contribution in [3.8, 4) is 6.01 Å². The van der Waals surface area contributed by atoms with Gasteiger partial charge in [0.15, 0.2) is 12.3 Å². The van der Waals surface area contributed by atoms with Gasteiger partial charge in [0.2, 0.25) is 0 Å². The van der Waals surface area contributed by atoms with Crippen LogP contribution < -0.4 is 4.74 Å². The first-order valence-corrected chi connectivity index (χ1v) is 5.38. The zero-order chi connectivity index (χ0) is 13.9. The summed E-state index contributed by atoms with van der Waals surface area (Å²) in [6.07, 6.45) is -3.57. The second kappa shape index (κ2) is 5.25. The van der Waals surface area contributed by atoms with Gasteiger partial charge in [-0.15, -0.1) is 0 Å². The van der Waals surface area contributed by atoms with Crippen molar-refractivity contribution in [1.29, 1.82) is 0 Å². The van der Waals surface area contributed by atoms with E-state index in [1.54, 1.807) is 0 Å². The van der Waals surface area contributed by atoms with E-state index < -0.39 is 41.4 Å². The quantitative estimate of drug-likeness (QED) is 0.787. The molecule has 0 aliphatic carbocycles. The number of halogens is 3. The van der Waals surface area contributed by atoms with Crippen LogP contribution in [0.15, 0.2) is 6.20 Å². The Balaban J connectivity index is 2.78. The zero-order valence-corrected chi connectivity index (χ0v) is 9.70. The van der Waals surface area contributed by atoms with Gasteiger partial charge in [-0.1, -0.05) is 0 Å². The van der Waals surface area contributed by atoms with Crippen LogP contribution in [0.2, 0.25) is 0 Å². The molecule has 1 aromatic heterocycles. The van der Waals surface area contributed by atoms with E-state index in [0.717, 1.165) is 10.8 Å². The van der Waals surface area contributed by atoms with Crippen LogP contribution in [0.1, 0.15) is 10.5 Å². The van der Waals surface area contributed by atoms with Gasteiger partial charge >= 0.3 is 23.1 Å². The minimum Gasteiger partial charge on any atom is -0.455 e. The molecule has 0 aliphatic heterocycles. The summed E-state index contributed by atoms with van der Waals surface area (Å²) >= 11 is 0. The van der Waals surface area contributed by atoms with Crippen molar-refractivity contribution in [2.24, 2.45) is 7.05 Å². The third-order valence-electron chi connectivity index (χ3n) is 1.57. The van der Waals surface area contributed by atoms with Crippen LogP contribution in [0.25, 0.3) is 0 Å². The van der Waals surface area contributed by atoms with Crippen LogP contribution in [0, 0.1) is 0 Å². The summed E-state index contributed by atoms with van der Waals surface area (Å²) in [5.74, 6) is -1.30. The number of ether oxygens (including phenoxy) is 1. The Hall–Kier alpha value is -1.78. The highest BCUT2D eigenvalue weighted by Gasteiger charge is 2.29. The second-order valence-corrected chi connectivity index (χ2v) is 3.66. The molecular formula is C7H7F3N2O5S. The molecule has 0 spiro atoms. The van der Waals surface area contributed by atoms with Gasteiger partial charge in [-0.2, -0.15) is 26.6 Å². The molecule has 0 aromatic carbocycles. The lowest BCUT2D eigenvalue weighted by Gasteiger charge is -2.07. The molecule has 7 nitrogen and oxygen atoms in total. The van der Waals surface area contributed by atoms with E-state index in [9.17, 15) is 26.4 Å². The molecule has 0 fully saturated rings. The Labute approximate surface area is 100 Å². The summed E-state index contributed by atoms with van der Waals surface area (Å²) in [6, 6.07) is -0.486. The molecule has 11 heteroatoms. The highest BCUT2D eigenvalue weighted by Crippen LogP contribution is 2.17. The fourth-order valence-corrected chi connectivity index (χ4v) is 1.17. The summed E-state index contributed by atoms with van der Waals surface area (Å²) in [7, 11) is -2.14. The largest absolute Gasteiger partial charge is 0.455 e. The van der Waals surface area contributed by atoms with Crippen LogP contribution in [-0.2, 0) is 22.2 Å². The van der Waals surface area contributed by atoms with Crippen molar-refractivity contribution >= 4 is 17.0 Å². The molecule has 1 heterocycles. The number of nitrogens with zero attached hydrogens (tertiary/aromatic N) is 2. The molecule has 0 N–H and O–H groups in total.